The summed E-state index contributed by atoms with van der Waals surface area (Å²) in [5.41, 5.74) is 0.233. The van der Waals surface area contributed by atoms with E-state index >= 15 is 0 Å². The number of hydrogen-bond donors (Lipinski definition) is 0. The monoisotopic (exact) mass is 252 g/mol. The van der Waals surface area contributed by atoms with E-state index in [9.17, 15) is 4.79 Å². The minimum absolute atomic E-state index is 0.233. The van der Waals surface area contributed by atoms with Crippen molar-refractivity contribution in [2.75, 3.05) is 0 Å². The number of rotatable bonds is 0. The Labute approximate surface area is 114 Å². The smallest absolute Gasteiger partial charge is 0.133 e. The second-order valence-corrected chi connectivity index (χ2v) is 6.92. The molecule has 1 rings (SSSR count). The van der Waals surface area contributed by atoms with E-state index in [-0.39, 0.29) is 5.41 Å². The van der Waals surface area contributed by atoms with E-state index in [2.05, 4.69) is 13.8 Å². The lowest BCUT2D eigenvalue weighted by Crippen LogP contribution is -2.17. The molecule has 0 unspecified atom stereocenters. The van der Waals surface area contributed by atoms with Gasteiger partial charge in [0.2, 0.25) is 0 Å². The van der Waals surface area contributed by atoms with Crippen molar-refractivity contribution in [2.45, 2.75) is 97.3 Å². The number of ketones is 1. The second kappa shape index (κ2) is 8.72. The highest BCUT2D eigenvalue weighted by Crippen LogP contribution is 2.29. The van der Waals surface area contributed by atoms with E-state index < -0.39 is 0 Å². The van der Waals surface area contributed by atoms with Gasteiger partial charge >= 0.3 is 0 Å². The van der Waals surface area contributed by atoms with Gasteiger partial charge in [-0.05, 0) is 18.3 Å². The summed E-state index contributed by atoms with van der Waals surface area (Å²) in [6.45, 7) is 4.53. The summed E-state index contributed by atoms with van der Waals surface area (Å²) in [5.74, 6) is 0.495. The predicted molar refractivity (Wildman–Crippen MR) is 78.8 cm³/mol. The standard InChI is InChI=1S/C17H32O/c1-17(2)14-12-10-8-6-4-3-5-7-9-11-13-16(18)15-17/h3-15H2,1-2H3. The van der Waals surface area contributed by atoms with Gasteiger partial charge in [0.1, 0.15) is 5.78 Å². The van der Waals surface area contributed by atoms with Gasteiger partial charge < -0.3 is 0 Å². The first kappa shape index (κ1) is 15.7. The molecule has 0 spiro atoms. The van der Waals surface area contributed by atoms with Crippen LogP contribution in [-0.2, 0) is 4.79 Å². The average Bonchev–Trinajstić information content (AvgIpc) is 2.29. The molecule has 0 aliphatic heterocycles. The van der Waals surface area contributed by atoms with E-state index in [0.29, 0.717) is 5.78 Å². The maximum absolute atomic E-state index is 11.9. The average molecular weight is 252 g/mol. The van der Waals surface area contributed by atoms with Gasteiger partial charge in [0, 0.05) is 12.8 Å². The molecule has 0 aromatic rings. The summed E-state index contributed by atoms with van der Waals surface area (Å²) >= 11 is 0. The fraction of sp³-hybridized carbons (Fsp3) is 0.941. The summed E-state index contributed by atoms with van der Waals surface area (Å²) in [7, 11) is 0. The molecule has 0 radical (unpaired) electrons. The van der Waals surface area contributed by atoms with Crippen molar-refractivity contribution >= 4 is 5.78 Å². The minimum atomic E-state index is 0.233. The van der Waals surface area contributed by atoms with Crippen molar-refractivity contribution in [3.05, 3.63) is 0 Å². The van der Waals surface area contributed by atoms with Gasteiger partial charge in [-0.25, -0.2) is 0 Å². The van der Waals surface area contributed by atoms with Crippen LogP contribution in [0.3, 0.4) is 0 Å². The van der Waals surface area contributed by atoms with Crippen LogP contribution < -0.4 is 0 Å². The van der Waals surface area contributed by atoms with E-state index in [1.54, 1.807) is 0 Å². The highest BCUT2D eigenvalue weighted by atomic mass is 16.1. The molecule has 0 saturated heterocycles. The number of carbonyl (C=O) groups excluding carboxylic acids is 1. The molecule has 18 heavy (non-hydrogen) atoms. The van der Waals surface area contributed by atoms with E-state index in [0.717, 1.165) is 19.3 Å². The molecule has 1 fully saturated rings. The molecular weight excluding hydrogens is 220 g/mol. The fourth-order valence-corrected chi connectivity index (χ4v) is 3.05. The van der Waals surface area contributed by atoms with Gasteiger partial charge in [-0.15, -0.1) is 0 Å². The number of Topliss-reactive ketones (excluding diaryl/α,β-unsaturated/α-hetero) is 1. The molecule has 0 amide bonds. The van der Waals surface area contributed by atoms with Crippen molar-refractivity contribution in [3.8, 4) is 0 Å². The lowest BCUT2D eigenvalue weighted by Gasteiger charge is -2.23. The summed E-state index contributed by atoms with van der Waals surface area (Å²) in [4.78, 5) is 11.9. The first-order valence-electron chi connectivity index (χ1n) is 8.12. The molecule has 0 heterocycles. The summed E-state index contributed by atoms with van der Waals surface area (Å²) in [6, 6.07) is 0. The van der Waals surface area contributed by atoms with Crippen LogP contribution in [0.1, 0.15) is 97.3 Å². The van der Waals surface area contributed by atoms with Gasteiger partial charge in [-0.2, -0.15) is 0 Å². The quantitative estimate of drug-likeness (QED) is 0.543. The van der Waals surface area contributed by atoms with Crippen LogP contribution in [0.5, 0.6) is 0 Å². The predicted octanol–water partition coefficient (Wildman–Crippen LogP) is 5.67. The van der Waals surface area contributed by atoms with Gasteiger partial charge in [0.05, 0.1) is 0 Å². The minimum Gasteiger partial charge on any atom is -0.300 e. The maximum atomic E-state index is 11.9. The largest absolute Gasteiger partial charge is 0.300 e. The van der Waals surface area contributed by atoms with E-state index in [1.165, 1.54) is 64.2 Å². The van der Waals surface area contributed by atoms with Gasteiger partial charge in [-0.3, -0.25) is 4.79 Å². The van der Waals surface area contributed by atoms with Crippen LogP contribution in [0, 0.1) is 5.41 Å². The van der Waals surface area contributed by atoms with Gasteiger partial charge in [-0.1, -0.05) is 71.6 Å². The molecule has 0 atom stereocenters. The topological polar surface area (TPSA) is 17.1 Å². The number of hydrogen-bond acceptors (Lipinski definition) is 1. The van der Waals surface area contributed by atoms with Crippen LogP contribution in [0.2, 0.25) is 0 Å². The Morgan fingerprint density at radius 2 is 1.17 bits per heavy atom. The first-order valence-corrected chi connectivity index (χ1v) is 8.12. The van der Waals surface area contributed by atoms with Crippen LogP contribution >= 0.6 is 0 Å². The van der Waals surface area contributed by atoms with Gasteiger partial charge in [0.25, 0.3) is 0 Å². The van der Waals surface area contributed by atoms with E-state index in [1.807, 2.05) is 0 Å². The zero-order chi connectivity index (χ0) is 13.3. The molecule has 0 N–H and O–H groups in total. The summed E-state index contributed by atoms with van der Waals surface area (Å²) in [5, 5.41) is 0. The number of carbonyl (C=O) groups is 1. The Morgan fingerprint density at radius 3 is 1.72 bits per heavy atom. The van der Waals surface area contributed by atoms with Crippen molar-refractivity contribution in [1.82, 2.24) is 0 Å². The van der Waals surface area contributed by atoms with Crippen LogP contribution in [0.4, 0.5) is 0 Å². The molecule has 106 valence electrons. The highest BCUT2D eigenvalue weighted by molar-refractivity contribution is 5.78. The molecular formula is C17H32O. The molecule has 0 aromatic heterocycles. The maximum Gasteiger partial charge on any atom is 0.133 e. The third-order valence-electron chi connectivity index (χ3n) is 4.23. The Hall–Kier alpha value is -0.330. The van der Waals surface area contributed by atoms with Crippen LogP contribution in [-0.4, -0.2) is 5.78 Å². The van der Waals surface area contributed by atoms with E-state index in [4.69, 9.17) is 0 Å². The fourth-order valence-electron chi connectivity index (χ4n) is 3.05. The lowest BCUT2D eigenvalue weighted by atomic mass is 9.81. The lowest BCUT2D eigenvalue weighted by molar-refractivity contribution is -0.121. The summed E-state index contributed by atoms with van der Waals surface area (Å²) in [6.07, 6.45) is 16.2. The zero-order valence-corrected chi connectivity index (χ0v) is 12.6. The van der Waals surface area contributed by atoms with Crippen molar-refractivity contribution in [3.63, 3.8) is 0 Å². The van der Waals surface area contributed by atoms with Gasteiger partial charge in [0.15, 0.2) is 0 Å². The summed E-state index contributed by atoms with van der Waals surface area (Å²) < 4.78 is 0. The Morgan fingerprint density at radius 1 is 0.722 bits per heavy atom. The second-order valence-electron chi connectivity index (χ2n) is 6.92. The highest BCUT2D eigenvalue weighted by Gasteiger charge is 2.21. The Balaban J connectivity index is 2.35. The molecule has 1 saturated carbocycles. The van der Waals surface area contributed by atoms with Crippen LogP contribution in [0.25, 0.3) is 0 Å². The third-order valence-corrected chi connectivity index (χ3v) is 4.23. The molecule has 1 aliphatic rings. The molecule has 0 aromatic carbocycles. The van der Waals surface area contributed by atoms with Crippen molar-refractivity contribution in [2.24, 2.45) is 5.41 Å². The third kappa shape index (κ3) is 7.89. The first-order chi connectivity index (χ1) is 8.60. The zero-order valence-electron chi connectivity index (χ0n) is 12.6. The molecule has 1 heteroatoms. The molecule has 0 bridgehead atoms. The van der Waals surface area contributed by atoms with Crippen LogP contribution in [0.15, 0.2) is 0 Å². The van der Waals surface area contributed by atoms with Crippen molar-refractivity contribution < 1.29 is 4.79 Å². The normalized spacial score (nSPS) is 25.1. The Kier molecular flexibility index (Phi) is 7.62. The Bertz CT molecular complexity index is 230. The SMILES string of the molecule is CC1(C)CCCCCCCCCCCCC(=O)C1. The molecule has 1 nitrogen and oxygen atoms in total. The van der Waals surface area contributed by atoms with Crippen molar-refractivity contribution in [1.29, 1.82) is 0 Å². The molecule has 1 aliphatic carbocycles.